The van der Waals surface area contributed by atoms with Crippen LogP contribution in [0.25, 0.3) is 0 Å². The zero-order chi connectivity index (χ0) is 17.7. The number of H-pyrrole nitrogens is 1. The van der Waals surface area contributed by atoms with Gasteiger partial charge in [0.15, 0.2) is 0 Å². The molecule has 1 aliphatic heterocycles. The first-order valence-electron chi connectivity index (χ1n) is 7.44. The number of nitrogens with one attached hydrogen (secondary N) is 2. The van der Waals surface area contributed by atoms with Crippen molar-refractivity contribution in [1.82, 2.24) is 15.2 Å². The van der Waals surface area contributed by atoms with Gasteiger partial charge in [-0.3, -0.25) is 14.7 Å². The van der Waals surface area contributed by atoms with E-state index in [2.05, 4.69) is 20.5 Å². The number of hydrogen-bond donors (Lipinski definition) is 3. The maximum absolute atomic E-state index is 12.2. The second-order valence-electron chi connectivity index (χ2n) is 6.80. The number of carbonyl (C=O) groups is 2. The summed E-state index contributed by atoms with van der Waals surface area (Å²) in [5, 5.41) is 9.31. The van der Waals surface area contributed by atoms with Crippen LogP contribution >= 0.6 is 11.3 Å². The summed E-state index contributed by atoms with van der Waals surface area (Å²) in [7, 11) is 0. The van der Waals surface area contributed by atoms with Gasteiger partial charge >= 0.3 is 0 Å². The van der Waals surface area contributed by atoms with E-state index in [0.29, 0.717) is 17.0 Å². The van der Waals surface area contributed by atoms with Crippen LogP contribution in [0, 0.1) is 0 Å². The summed E-state index contributed by atoms with van der Waals surface area (Å²) in [4.78, 5) is 29.0. The van der Waals surface area contributed by atoms with E-state index >= 15 is 0 Å². The molecule has 1 aliphatic rings. The van der Waals surface area contributed by atoms with Crippen LogP contribution in [0.5, 0.6) is 0 Å². The number of fused-ring (bicyclic) bond motifs is 1. The van der Waals surface area contributed by atoms with Gasteiger partial charge in [0.1, 0.15) is 11.3 Å². The van der Waals surface area contributed by atoms with Crippen LogP contribution in [-0.4, -0.2) is 32.6 Å². The Morgan fingerprint density at radius 2 is 2.08 bits per heavy atom. The van der Waals surface area contributed by atoms with Crippen molar-refractivity contribution in [1.29, 1.82) is 0 Å². The smallest absolute Gasteiger partial charge is 0.295 e. The molecule has 0 fully saturated rings. The number of nitrogens with zero attached hydrogens (tertiary/aromatic N) is 2. The fraction of sp³-hybridized carbons (Fsp3) is 0.467. The normalized spacial score (nSPS) is 18.0. The Hall–Kier alpha value is -2.26. The summed E-state index contributed by atoms with van der Waals surface area (Å²) in [6.45, 7) is 7.81. The lowest BCUT2D eigenvalue weighted by Gasteiger charge is -2.41. The molecule has 0 atom stereocenters. The Kier molecular flexibility index (Phi) is 3.72. The maximum Gasteiger partial charge on any atom is 0.295 e. The summed E-state index contributed by atoms with van der Waals surface area (Å²) >= 11 is 1.30. The third-order valence-electron chi connectivity index (χ3n) is 3.78. The van der Waals surface area contributed by atoms with Gasteiger partial charge in [-0.05, 0) is 33.3 Å². The number of rotatable bonds is 3. The van der Waals surface area contributed by atoms with Crippen LogP contribution < -0.4 is 11.1 Å². The highest BCUT2D eigenvalue weighted by molar-refractivity contribution is 7.17. The lowest BCUT2D eigenvalue weighted by Crippen LogP contribution is -2.42. The van der Waals surface area contributed by atoms with Gasteiger partial charge in [-0.1, -0.05) is 0 Å². The number of amides is 2. The zero-order valence-corrected chi connectivity index (χ0v) is 14.7. The molecule has 0 bridgehead atoms. The standard InChI is InChI=1S/C15H19N5O3S/c1-14(2)5-7-8(10(16)21)13(24-9(7)15(3,4)23-14)19-12(22)11-17-6-18-20-11/h6H,5H2,1-4H3,(H2,16,21)(H,19,22)(H,17,18,20). The van der Waals surface area contributed by atoms with Gasteiger partial charge in [-0.2, -0.15) is 0 Å². The highest BCUT2D eigenvalue weighted by Gasteiger charge is 2.42. The molecule has 2 aromatic heterocycles. The monoisotopic (exact) mass is 349 g/mol. The van der Waals surface area contributed by atoms with Crippen molar-refractivity contribution in [2.45, 2.75) is 45.3 Å². The van der Waals surface area contributed by atoms with Gasteiger partial charge in [0.2, 0.25) is 5.82 Å². The number of thiophene rings is 1. The minimum absolute atomic E-state index is 0.00682. The van der Waals surface area contributed by atoms with Gasteiger partial charge < -0.3 is 15.8 Å². The molecule has 0 spiro atoms. The van der Waals surface area contributed by atoms with Crippen molar-refractivity contribution in [3.8, 4) is 0 Å². The number of ether oxygens (including phenoxy) is 1. The topological polar surface area (TPSA) is 123 Å². The summed E-state index contributed by atoms with van der Waals surface area (Å²) in [6, 6.07) is 0. The number of hydrogen-bond acceptors (Lipinski definition) is 6. The van der Waals surface area contributed by atoms with E-state index in [4.69, 9.17) is 10.5 Å². The van der Waals surface area contributed by atoms with Crippen LogP contribution in [0.15, 0.2) is 6.33 Å². The van der Waals surface area contributed by atoms with E-state index in [-0.39, 0.29) is 5.82 Å². The molecule has 0 saturated heterocycles. The number of carbonyl (C=O) groups excluding carboxylic acids is 2. The fourth-order valence-electron chi connectivity index (χ4n) is 3.15. The molecule has 0 radical (unpaired) electrons. The van der Waals surface area contributed by atoms with Crippen molar-refractivity contribution in [3.63, 3.8) is 0 Å². The SMILES string of the molecule is CC1(C)Cc2c(sc(NC(=O)c3nc[nH]n3)c2C(N)=O)C(C)(C)O1. The molecule has 0 unspecified atom stereocenters. The predicted octanol–water partition coefficient (Wildman–Crippen LogP) is 1.80. The van der Waals surface area contributed by atoms with Gasteiger partial charge in [-0.15, -0.1) is 16.4 Å². The average molecular weight is 349 g/mol. The quantitative estimate of drug-likeness (QED) is 0.780. The molecule has 8 nitrogen and oxygen atoms in total. The number of aromatic nitrogens is 3. The molecule has 2 aromatic rings. The van der Waals surface area contributed by atoms with Crippen LogP contribution in [-0.2, 0) is 16.8 Å². The van der Waals surface area contributed by atoms with Crippen molar-refractivity contribution in [2.24, 2.45) is 5.73 Å². The third-order valence-corrected chi connectivity index (χ3v) is 5.23. The molecule has 0 aromatic carbocycles. The van der Waals surface area contributed by atoms with Crippen molar-refractivity contribution in [3.05, 3.63) is 28.2 Å². The minimum atomic E-state index is -0.584. The lowest BCUT2D eigenvalue weighted by atomic mass is 9.86. The molecule has 4 N–H and O–H groups in total. The van der Waals surface area contributed by atoms with E-state index < -0.39 is 23.0 Å². The molecular weight excluding hydrogens is 330 g/mol. The van der Waals surface area contributed by atoms with Crippen LogP contribution in [0.1, 0.15) is 59.1 Å². The van der Waals surface area contributed by atoms with E-state index in [9.17, 15) is 9.59 Å². The number of aromatic amines is 1. The number of anilines is 1. The Morgan fingerprint density at radius 3 is 2.67 bits per heavy atom. The van der Waals surface area contributed by atoms with Gasteiger partial charge in [0.25, 0.3) is 11.8 Å². The number of nitrogens with two attached hydrogens (primary N) is 1. The predicted molar refractivity (Wildman–Crippen MR) is 89.1 cm³/mol. The molecule has 0 aliphatic carbocycles. The minimum Gasteiger partial charge on any atom is -0.365 e. The number of primary amides is 1. The highest BCUT2D eigenvalue weighted by atomic mass is 32.1. The maximum atomic E-state index is 12.2. The second-order valence-corrected chi connectivity index (χ2v) is 7.82. The Balaban J connectivity index is 2.07. The molecule has 3 rings (SSSR count). The molecule has 24 heavy (non-hydrogen) atoms. The molecule has 9 heteroatoms. The Morgan fingerprint density at radius 1 is 1.38 bits per heavy atom. The second kappa shape index (κ2) is 5.38. The lowest BCUT2D eigenvalue weighted by molar-refractivity contribution is -0.135. The molecule has 128 valence electrons. The zero-order valence-electron chi connectivity index (χ0n) is 13.9. The van der Waals surface area contributed by atoms with E-state index in [1.165, 1.54) is 17.7 Å². The van der Waals surface area contributed by atoms with Gasteiger partial charge in [0.05, 0.1) is 16.8 Å². The first kappa shape index (κ1) is 16.6. The van der Waals surface area contributed by atoms with Crippen LogP contribution in [0.2, 0.25) is 0 Å². The van der Waals surface area contributed by atoms with Crippen LogP contribution in [0.4, 0.5) is 5.00 Å². The fourth-order valence-corrected chi connectivity index (χ4v) is 4.40. The summed E-state index contributed by atoms with van der Waals surface area (Å²) in [5.74, 6) is -1.09. The Bertz CT molecular complexity index is 807. The summed E-state index contributed by atoms with van der Waals surface area (Å²) in [5.41, 5.74) is 5.74. The first-order chi connectivity index (χ1) is 11.1. The Labute approximate surface area is 142 Å². The molecular formula is C15H19N5O3S. The van der Waals surface area contributed by atoms with E-state index in [1.807, 2.05) is 27.7 Å². The van der Waals surface area contributed by atoms with E-state index in [0.717, 1.165) is 10.4 Å². The average Bonchev–Trinajstić information content (AvgIpc) is 3.03. The molecule has 2 amide bonds. The van der Waals surface area contributed by atoms with E-state index in [1.54, 1.807) is 0 Å². The molecule has 3 heterocycles. The summed E-state index contributed by atoms with van der Waals surface area (Å²) in [6.07, 6.45) is 1.85. The largest absolute Gasteiger partial charge is 0.365 e. The third kappa shape index (κ3) is 2.80. The van der Waals surface area contributed by atoms with Gasteiger partial charge in [-0.25, -0.2) is 4.98 Å². The van der Waals surface area contributed by atoms with Crippen molar-refractivity contribution < 1.29 is 14.3 Å². The molecule has 0 saturated carbocycles. The van der Waals surface area contributed by atoms with Crippen LogP contribution in [0.3, 0.4) is 0 Å². The van der Waals surface area contributed by atoms with Crippen molar-refractivity contribution >= 4 is 28.2 Å². The van der Waals surface area contributed by atoms with Crippen molar-refractivity contribution in [2.75, 3.05) is 5.32 Å². The summed E-state index contributed by atoms with van der Waals surface area (Å²) < 4.78 is 6.13. The first-order valence-corrected chi connectivity index (χ1v) is 8.25. The highest BCUT2D eigenvalue weighted by Crippen LogP contribution is 2.48. The van der Waals surface area contributed by atoms with Gasteiger partial charge in [0, 0.05) is 11.3 Å².